The maximum absolute atomic E-state index is 5.39. The van der Waals surface area contributed by atoms with E-state index in [2.05, 4.69) is 33.8 Å². The van der Waals surface area contributed by atoms with Gasteiger partial charge in [0.05, 0.1) is 0 Å². The number of H-pyrrole nitrogens is 1. The van der Waals surface area contributed by atoms with Crippen molar-refractivity contribution in [2.24, 2.45) is 5.92 Å². The molecule has 2 atom stereocenters. The molecule has 0 spiro atoms. The largest absolute Gasteiger partial charge is 0.297 e. The minimum atomic E-state index is 0.501. The van der Waals surface area contributed by atoms with Crippen LogP contribution in [-0.2, 0) is 0 Å². The third kappa shape index (κ3) is 2.01. The molecule has 1 heterocycles. The van der Waals surface area contributed by atoms with E-state index in [1.54, 1.807) is 0 Å². The molecule has 1 aliphatic carbocycles. The van der Waals surface area contributed by atoms with Crippen molar-refractivity contribution in [2.75, 3.05) is 0 Å². The molecule has 18 heavy (non-hydrogen) atoms. The standard InChI is InChI=1S/C14H17N3S/c1-10-7-8-12(9-10)17-13(15-16-14(17)18)11-5-3-2-4-6-11/h2-6,10,12H,7-9H2,1H3,(H,16,18). The molecule has 4 heteroatoms. The van der Waals surface area contributed by atoms with Crippen LogP contribution in [0.1, 0.15) is 32.2 Å². The molecule has 0 amide bonds. The molecule has 2 aromatic rings. The summed E-state index contributed by atoms with van der Waals surface area (Å²) in [6.07, 6.45) is 3.69. The summed E-state index contributed by atoms with van der Waals surface area (Å²) in [6, 6.07) is 10.8. The fourth-order valence-corrected chi connectivity index (χ4v) is 3.13. The number of aromatic amines is 1. The molecule has 1 aromatic carbocycles. The molecule has 1 aliphatic rings. The van der Waals surface area contributed by atoms with Crippen LogP contribution in [0, 0.1) is 10.7 Å². The minimum Gasteiger partial charge on any atom is -0.297 e. The maximum atomic E-state index is 5.39. The van der Waals surface area contributed by atoms with Gasteiger partial charge in [-0.2, -0.15) is 5.10 Å². The Morgan fingerprint density at radius 2 is 2.06 bits per heavy atom. The summed E-state index contributed by atoms with van der Waals surface area (Å²) in [7, 11) is 0. The zero-order chi connectivity index (χ0) is 12.5. The highest BCUT2D eigenvalue weighted by atomic mass is 32.1. The second kappa shape index (κ2) is 4.69. The summed E-state index contributed by atoms with van der Waals surface area (Å²) in [6.45, 7) is 2.31. The summed E-state index contributed by atoms with van der Waals surface area (Å²) in [5, 5.41) is 7.34. The van der Waals surface area contributed by atoms with Crippen molar-refractivity contribution in [3.8, 4) is 11.4 Å². The van der Waals surface area contributed by atoms with Gasteiger partial charge in [0.1, 0.15) is 0 Å². The van der Waals surface area contributed by atoms with Crippen LogP contribution in [-0.4, -0.2) is 14.8 Å². The lowest BCUT2D eigenvalue weighted by Gasteiger charge is -2.14. The van der Waals surface area contributed by atoms with Crippen LogP contribution in [0.3, 0.4) is 0 Å². The number of nitrogens with zero attached hydrogens (tertiary/aromatic N) is 2. The normalized spacial score (nSPS) is 23.4. The van der Waals surface area contributed by atoms with Crippen LogP contribution >= 0.6 is 12.2 Å². The van der Waals surface area contributed by atoms with Gasteiger partial charge in [0.25, 0.3) is 0 Å². The van der Waals surface area contributed by atoms with Gasteiger partial charge in [0, 0.05) is 11.6 Å². The molecule has 2 unspecified atom stereocenters. The van der Waals surface area contributed by atoms with E-state index in [9.17, 15) is 0 Å². The van der Waals surface area contributed by atoms with E-state index < -0.39 is 0 Å². The zero-order valence-corrected chi connectivity index (χ0v) is 11.3. The molecule has 0 saturated heterocycles. The summed E-state index contributed by atoms with van der Waals surface area (Å²) < 4.78 is 2.95. The highest BCUT2D eigenvalue weighted by Gasteiger charge is 2.25. The lowest BCUT2D eigenvalue weighted by Crippen LogP contribution is -2.07. The van der Waals surface area contributed by atoms with Gasteiger partial charge in [-0.1, -0.05) is 37.3 Å². The first-order valence-corrected chi connectivity index (χ1v) is 6.89. The van der Waals surface area contributed by atoms with Gasteiger partial charge in [-0.3, -0.25) is 9.67 Å². The Bertz CT molecular complexity index is 585. The van der Waals surface area contributed by atoms with Crippen LogP contribution in [0.4, 0.5) is 0 Å². The van der Waals surface area contributed by atoms with Gasteiger partial charge in [-0.05, 0) is 37.4 Å². The molecule has 0 radical (unpaired) electrons. The monoisotopic (exact) mass is 259 g/mol. The van der Waals surface area contributed by atoms with Crippen LogP contribution < -0.4 is 0 Å². The van der Waals surface area contributed by atoms with Gasteiger partial charge in [0.2, 0.25) is 0 Å². The van der Waals surface area contributed by atoms with Gasteiger partial charge in [0.15, 0.2) is 10.6 Å². The van der Waals surface area contributed by atoms with Crippen molar-refractivity contribution in [1.29, 1.82) is 0 Å². The van der Waals surface area contributed by atoms with E-state index in [-0.39, 0.29) is 0 Å². The molecule has 3 nitrogen and oxygen atoms in total. The smallest absolute Gasteiger partial charge is 0.195 e. The van der Waals surface area contributed by atoms with Crippen molar-refractivity contribution in [2.45, 2.75) is 32.2 Å². The van der Waals surface area contributed by atoms with Crippen molar-refractivity contribution in [3.63, 3.8) is 0 Å². The fourth-order valence-electron chi connectivity index (χ4n) is 2.85. The third-order valence-corrected chi connectivity index (χ3v) is 4.06. The molecular formula is C14H17N3S. The second-order valence-corrected chi connectivity index (χ2v) is 5.55. The van der Waals surface area contributed by atoms with E-state index in [4.69, 9.17) is 12.2 Å². The Balaban J connectivity index is 2.05. The molecule has 3 rings (SSSR count). The summed E-state index contributed by atoms with van der Waals surface area (Å²) in [5.74, 6) is 1.76. The molecule has 1 N–H and O–H groups in total. The molecule has 1 fully saturated rings. The third-order valence-electron chi connectivity index (χ3n) is 3.77. The van der Waals surface area contributed by atoms with E-state index in [1.165, 1.54) is 19.3 Å². The first-order chi connectivity index (χ1) is 8.75. The zero-order valence-electron chi connectivity index (χ0n) is 10.5. The van der Waals surface area contributed by atoms with Crippen LogP contribution in [0.2, 0.25) is 0 Å². The maximum Gasteiger partial charge on any atom is 0.195 e. The molecule has 0 aliphatic heterocycles. The van der Waals surface area contributed by atoms with E-state index in [0.29, 0.717) is 6.04 Å². The van der Waals surface area contributed by atoms with Gasteiger partial charge < -0.3 is 0 Å². The summed E-state index contributed by atoms with van der Waals surface area (Å²) in [4.78, 5) is 0. The Morgan fingerprint density at radius 1 is 1.28 bits per heavy atom. The Kier molecular flexibility index (Phi) is 3.04. The topological polar surface area (TPSA) is 33.6 Å². The molecular weight excluding hydrogens is 242 g/mol. The molecule has 1 saturated carbocycles. The number of hydrogen-bond acceptors (Lipinski definition) is 2. The molecule has 94 valence electrons. The first kappa shape index (κ1) is 11.7. The fraction of sp³-hybridized carbons (Fsp3) is 0.429. The van der Waals surface area contributed by atoms with Crippen molar-refractivity contribution in [1.82, 2.24) is 14.8 Å². The Hall–Kier alpha value is -1.42. The Morgan fingerprint density at radius 3 is 2.72 bits per heavy atom. The first-order valence-electron chi connectivity index (χ1n) is 6.48. The van der Waals surface area contributed by atoms with Gasteiger partial charge in [-0.15, -0.1) is 0 Å². The highest BCUT2D eigenvalue weighted by Crippen LogP contribution is 2.36. The average Bonchev–Trinajstić information content (AvgIpc) is 2.96. The Labute approximate surface area is 112 Å². The van der Waals surface area contributed by atoms with E-state index >= 15 is 0 Å². The summed E-state index contributed by atoms with van der Waals surface area (Å²) in [5.41, 5.74) is 1.13. The van der Waals surface area contributed by atoms with Crippen LogP contribution in [0.25, 0.3) is 11.4 Å². The van der Waals surface area contributed by atoms with Gasteiger partial charge in [-0.25, -0.2) is 0 Å². The minimum absolute atomic E-state index is 0.501. The number of nitrogens with one attached hydrogen (secondary N) is 1. The number of hydrogen-bond donors (Lipinski definition) is 1. The lowest BCUT2D eigenvalue weighted by atomic mass is 10.1. The van der Waals surface area contributed by atoms with Crippen LogP contribution in [0.5, 0.6) is 0 Å². The van der Waals surface area contributed by atoms with E-state index in [0.717, 1.165) is 22.1 Å². The molecule has 0 bridgehead atoms. The number of benzene rings is 1. The molecule has 1 aromatic heterocycles. The van der Waals surface area contributed by atoms with E-state index in [1.807, 2.05) is 18.2 Å². The number of aromatic nitrogens is 3. The van der Waals surface area contributed by atoms with Crippen molar-refractivity contribution in [3.05, 3.63) is 35.1 Å². The highest BCUT2D eigenvalue weighted by molar-refractivity contribution is 7.71. The SMILES string of the molecule is CC1CCC(n2c(-c3ccccc3)n[nH]c2=S)C1. The van der Waals surface area contributed by atoms with Crippen molar-refractivity contribution < 1.29 is 0 Å². The van der Waals surface area contributed by atoms with Gasteiger partial charge >= 0.3 is 0 Å². The van der Waals surface area contributed by atoms with Crippen LogP contribution in [0.15, 0.2) is 30.3 Å². The predicted octanol–water partition coefficient (Wildman–Crippen LogP) is 3.97. The predicted molar refractivity (Wildman–Crippen MR) is 74.9 cm³/mol. The number of rotatable bonds is 2. The summed E-state index contributed by atoms with van der Waals surface area (Å²) >= 11 is 5.39. The average molecular weight is 259 g/mol. The van der Waals surface area contributed by atoms with Crippen molar-refractivity contribution >= 4 is 12.2 Å². The quantitative estimate of drug-likeness (QED) is 0.828. The lowest BCUT2D eigenvalue weighted by molar-refractivity contribution is 0.492. The second-order valence-electron chi connectivity index (χ2n) is 5.16.